The maximum Gasteiger partial charge on any atom is 0.209 e. The van der Waals surface area contributed by atoms with Gasteiger partial charge in [-0.1, -0.05) is 64.0 Å². The predicted molar refractivity (Wildman–Crippen MR) is 106 cm³/mol. The van der Waals surface area contributed by atoms with Gasteiger partial charge in [0.2, 0.25) is 5.84 Å². The highest BCUT2D eigenvalue weighted by atomic mass is 16.4. The quantitative estimate of drug-likeness (QED) is 0.274. The van der Waals surface area contributed by atoms with E-state index in [1.54, 1.807) is 12.4 Å². The fraction of sp³-hybridized carbons (Fsp3) is 0.714. The summed E-state index contributed by atoms with van der Waals surface area (Å²) in [6.45, 7) is 3.91. The van der Waals surface area contributed by atoms with E-state index in [9.17, 15) is 9.90 Å². The van der Waals surface area contributed by atoms with Gasteiger partial charge < -0.3 is 9.90 Å². The fourth-order valence-electron chi connectivity index (χ4n) is 3.42. The van der Waals surface area contributed by atoms with Gasteiger partial charge in [-0.05, 0) is 19.3 Å². The number of allylic oxidation sites excluding steroid dienone is 2. The molecule has 0 aromatic heterocycles. The molecular formula is C21H37N3O2. The average Bonchev–Trinajstić information content (AvgIpc) is 2.99. The van der Waals surface area contributed by atoms with Gasteiger partial charge in [0.1, 0.15) is 18.9 Å². The third-order valence-electron chi connectivity index (χ3n) is 5.08. The molecule has 0 aromatic carbocycles. The molecule has 0 spiro atoms. The number of quaternary nitrogens is 1. The van der Waals surface area contributed by atoms with Crippen LogP contribution in [0.2, 0.25) is 0 Å². The number of hydrogen-bond donors (Lipinski definition) is 1. The van der Waals surface area contributed by atoms with Crippen molar-refractivity contribution in [3.8, 4) is 0 Å². The van der Waals surface area contributed by atoms with Crippen molar-refractivity contribution in [2.75, 3.05) is 6.54 Å². The summed E-state index contributed by atoms with van der Waals surface area (Å²) in [5.74, 6) is -0.298. The van der Waals surface area contributed by atoms with E-state index in [1.807, 2.05) is 6.92 Å². The van der Waals surface area contributed by atoms with Gasteiger partial charge >= 0.3 is 0 Å². The van der Waals surface area contributed by atoms with Gasteiger partial charge in [-0.15, -0.1) is 0 Å². The number of nitrogens with zero attached hydrogens (tertiary/aromatic N) is 2. The zero-order chi connectivity index (χ0) is 19.3. The number of carbonyl (C=O) groups excluding carboxylic acids is 1. The van der Waals surface area contributed by atoms with Crippen molar-refractivity contribution < 1.29 is 14.4 Å². The van der Waals surface area contributed by atoms with Crippen molar-refractivity contribution in [2.24, 2.45) is 10.7 Å². The van der Waals surface area contributed by atoms with Crippen LogP contribution in [0.4, 0.5) is 0 Å². The summed E-state index contributed by atoms with van der Waals surface area (Å²) in [7, 11) is 0. The topological polar surface area (TPSA) is 78.5 Å². The fourth-order valence-corrected chi connectivity index (χ4v) is 3.42. The second kappa shape index (κ2) is 12.8. The molecule has 1 heterocycles. The van der Waals surface area contributed by atoms with E-state index in [-0.39, 0.29) is 17.2 Å². The summed E-state index contributed by atoms with van der Waals surface area (Å²) >= 11 is 0. The SMILES string of the molecule is CCCCCCCCCC/C=C/CCC1=NC=C[N+]1(CC(=O)[O-])C(C)N. The zero-order valence-electron chi connectivity index (χ0n) is 16.7. The highest BCUT2D eigenvalue weighted by molar-refractivity contribution is 5.81. The third-order valence-corrected chi connectivity index (χ3v) is 5.08. The molecule has 1 aliphatic heterocycles. The Labute approximate surface area is 159 Å². The van der Waals surface area contributed by atoms with Crippen molar-refractivity contribution in [3.63, 3.8) is 0 Å². The van der Waals surface area contributed by atoms with Crippen LogP contribution in [-0.2, 0) is 4.79 Å². The second-order valence-corrected chi connectivity index (χ2v) is 7.32. The number of carbonyl (C=O) groups is 1. The summed E-state index contributed by atoms with van der Waals surface area (Å²) in [6.07, 6.45) is 20.9. The molecular weight excluding hydrogens is 326 g/mol. The number of carboxylic acid groups (broad SMARTS) is 1. The largest absolute Gasteiger partial charge is 0.544 e. The number of nitrogens with two attached hydrogens (primary N) is 1. The molecule has 0 aromatic rings. The molecule has 5 nitrogen and oxygen atoms in total. The number of aliphatic imine (C=N–C) groups is 1. The van der Waals surface area contributed by atoms with Crippen LogP contribution in [0.3, 0.4) is 0 Å². The normalized spacial score (nSPS) is 20.7. The first-order chi connectivity index (χ1) is 12.5. The van der Waals surface area contributed by atoms with E-state index in [4.69, 9.17) is 5.73 Å². The summed E-state index contributed by atoms with van der Waals surface area (Å²) in [5, 5.41) is 11.1. The van der Waals surface area contributed by atoms with Gasteiger partial charge in [-0.3, -0.25) is 5.73 Å². The standard InChI is InChI=1S/C21H37N3O2/c1-3-4-5-6-7-8-9-10-11-12-13-14-15-20-23-16-17-24(20,19(2)22)18-21(25)26/h12-13,16-17,19H,3-11,14-15,18,22H2,1-2H3/b13-12+. The van der Waals surface area contributed by atoms with Crippen LogP contribution in [0.5, 0.6) is 0 Å². The molecule has 2 atom stereocenters. The Morgan fingerprint density at radius 1 is 1.15 bits per heavy atom. The number of carboxylic acids is 1. The first kappa shape index (κ1) is 22.6. The Balaban J connectivity index is 2.20. The van der Waals surface area contributed by atoms with Crippen LogP contribution >= 0.6 is 0 Å². The van der Waals surface area contributed by atoms with Gasteiger partial charge in [-0.2, -0.15) is 0 Å². The van der Waals surface area contributed by atoms with E-state index < -0.39 is 5.97 Å². The second-order valence-electron chi connectivity index (χ2n) is 7.32. The van der Waals surface area contributed by atoms with Crippen LogP contribution in [0.15, 0.2) is 29.5 Å². The molecule has 0 aliphatic carbocycles. The van der Waals surface area contributed by atoms with Gasteiger partial charge in [0.15, 0.2) is 0 Å². The summed E-state index contributed by atoms with van der Waals surface area (Å²) in [4.78, 5) is 15.5. The highest BCUT2D eigenvalue weighted by Gasteiger charge is 2.38. The minimum Gasteiger partial charge on any atom is -0.544 e. The number of rotatable bonds is 15. The minimum atomic E-state index is -1.10. The van der Waals surface area contributed by atoms with Crippen molar-refractivity contribution in [1.82, 2.24) is 0 Å². The van der Waals surface area contributed by atoms with E-state index in [0.29, 0.717) is 0 Å². The van der Waals surface area contributed by atoms with Gasteiger partial charge in [-0.25, -0.2) is 9.48 Å². The number of amidine groups is 1. The summed E-state index contributed by atoms with van der Waals surface area (Å²) < 4.78 is 0.0776. The Kier molecular flexibility index (Phi) is 11.1. The van der Waals surface area contributed by atoms with E-state index in [0.717, 1.165) is 25.1 Å². The molecule has 1 aliphatic rings. The Morgan fingerprint density at radius 2 is 1.77 bits per heavy atom. The maximum atomic E-state index is 11.1. The minimum absolute atomic E-state index is 0.0776. The summed E-state index contributed by atoms with van der Waals surface area (Å²) in [5.41, 5.74) is 6.04. The van der Waals surface area contributed by atoms with Crippen molar-refractivity contribution in [2.45, 2.75) is 90.6 Å². The van der Waals surface area contributed by atoms with Crippen LogP contribution in [0.25, 0.3) is 0 Å². The zero-order valence-corrected chi connectivity index (χ0v) is 16.7. The Bertz CT molecular complexity index is 497. The van der Waals surface area contributed by atoms with E-state index >= 15 is 0 Å². The molecule has 148 valence electrons. The van der Waals surface area contributed by atoms with Crippen molar-refractivity contribution in [3.05, 3.63) is 24.6 Å². The van der Waals surface area contributed by atoms with Crippen LogP contribution in [0.1, 0.15) is 84.5 Å². The highest BCUT2D eigenvalue weighted by Crippen LogP contribution is 2.22. The van der Waals surface area contributed by atoms with Gasteiger partial charge in [0.25, 0.3) is 0 Å². The van der Waals surface area contributed by atoms with Gasteiger partial charge in [0, 0.05) is 13.3 Å². The number of unbranched alkanes of at least 4 members (excludes halogenated alkanes) is 8. The molecule has 1 rings (SSSR count). The number of hydrogen-bond acceptors (Lipinski definition) is 4. The molecule has 2 unspecified atom stereocenters. The molecule has 0 amide bonds. The molecule has 0 saturated carbocycles. The lowest BCUT2D eigenvalue weighted by Gasteiger charge is -2.36. The lowest BCUT2D eigenvalue weighted by Crippen LogP contribution is -2.60. The van der Waals surface area contributed by atoms with Crippen LogP contribution in [0, 0.1) is 0 Å². The van der Waals surface area contributed by atoms with Crippen LogP contribution in [-0.4, -0.2) is 29.0 Å². The van der Waals surface area contributed by atoms with Crippen molar-refractivity contribution in [1.29, 1.82) is 0 Å². The first-order valence-electron chi connectivity index (χ1n) is 10.3. The molecule has 0 saturated heterocycles. The first-order valence-corrected chi connectivity index (χ1v) is 10.3. The molecule has 5 heteroatoms. The smallest absolute Gasteiger partial charge is 0.209 e. The maximum absolute atomic E-state index is 11.1. The lowest BCUT2D eigenvalue weighted by atomic mass is 10.1. The van der Waals surface area contributed by atoms with E-state index in [1.165, 1.54) is 51.4 Å². The molecule has 0 bridgehead atoms. The predicted octanol–water partition coefficient (Wildman–Crippen LogP) is 3.61. The Morgan fingerprint density at radius 3 is 2.38 bits per heavy atom. The Hall–Kier alpha value is -1.46. The molecule has 0 fully saturated rings. The summed E-state index contributed by atoms with van der Waals surface area (Å²) in [6, 6.07) is 0. The third kappa shape index (κ3) is 7.83. The van der Waals surface area contributed by atoms with Gasteiger partial charge in [0.05, 0.1) is 12.2 Å². The molecule has 0 radical (unpaired) electrons. The van der Waals surface area contributed by atoms with E-state index in [2.05, 4.69) is 24.1 Å². The van der Waals surface area contributed by atoms with Crippen molar-refractivity contribution >= 4 is 11.8 Å². The average molecular weight is 364 g/mol. The van der Waals surface area contributed by atoms with Crippen LogP contribution < -0.4 is 10.8 Å². The lowest BCUT2D eigenvalue weighted by molar-refractivity contribution is -0.808. The monoisotopic (exact) mass is 363 g/mol. The molecule has 26 heavy (non-hydrogen) atoms. The number of aliphatic carboxylic acids is 1. The molecule has 2 N–H and O–H groups in total.